The number of nitrogens with zero attached hydrogens (tertiary/aromatic N) is 1. The van der Waals surface area contributed by atoms with Crippen molar-refractivity contribution in [2.45, 2.75) is 0 Å². The van der Waals surface area contributed by atoms with Crippen LogP contribution in [0.2, 0.25) is 0 Å². The number of aromatic nitrogens is 1. The van der Waals surface area contributed by atoms with Crippen LogP contribution in [0.25, 0.3) is 75.9 Å². The Morgan fingerprint density at radius 3 is 2.14 bits per heavy atom. The molecule has 0 bridgehead atoms. The van der Waals surface area contributed by atoms with E-state index in [2.05, 4.69) is 17.5 Å². The van der Waals surface area contributed by atoms with E-state index in [0.29, 0.717) is 17.1 Å². The van der Waals surface area contributed by atoms with Crippen molar-refractivity contribution in [3.8, 4) is 33.4 Å². The van der Waals surface area contributed by atoms with Gasteiger partial charge in [0.05, 0.1) is 5.56 Å². The molecule has 166 valence electrons. The van der Waals surface area contributed by atoms with Gasteiger partial charge < -0.3 is 13.3 Å². The van der Waals surface area contributed by atoms with Crippen molar-refractivity contribution in [1.82, 2.24) is 4.98 Å². The second-order valence-corrected chi connectivity index (χ2v) is 10.4. The van der Waals surface area contributed by atoms with E-state index in [0.717, 1.165) is 49.3 Å². The Labute approximate surface area is 206 Å². The number of furan rings is 3. The number of fused-ring (bicyclic) bond motifs is 4. The lowest BCUT2D eigenvalue weighted by atomic mass is 10.1. The van der Waals surface area contributed by atoms with Crippen molar-refractivity contribution in [1.29, 1.82) is 0 Å². The number of para-hydroxylation sites is 2. The molecule has 0 atom stereocenters. The third-order valence-corrected chi connectivity index (χ3v) is 8.36. The van der Waals surface area contributed by atoms with Gasteiger partial charge in [-0.05, 0) is 53.9 Å². The molecule has 0 radical (unpaired) electrons. The van der Waals surface area contributed by atoms with Crippen molar-refractivity contribution < 1.29 is 13.3 Å². The smallest absolute Gasteiger partial charge is 0.181 e. The molecule has 0 aliphatic rings. The van der Waals surface area contributed by atoms with Gasteiger partial charge in [0.1, 0.15) is 22.4 Å². The molecule has 0 aliphatic carbocycles. The van der Waals surface area contributed by atoms with E-state index in [4.69, 9.17) is 18.2 Å². The SMILES string of the molecule is c1ccc2oc(-c3ccc4oc(-c5cc6ccccc6o5)c(-c5cc6sccc6s5)c4n3)cc2c1. The minimum Gasteiger partial charge on any atom is -0.454 e. The predicted molar refractivity (Wildman–Crippen MR) is 143 cm³/mol. The van der Waals surface area contributed by atoms with E-state index in [1.807, 2.05) is 72.8 Å². The molecule has 8 rings (SSSR count). The van der Waals surface area contributed by atoms with E-state index in [1.54, 1.807) is 22.7 Å². The number of pyridine rings is 1. The molecule has 4 nitrogen and oxygen atoms in total. The Morgan fingerprint density at radius 1 is 0.629 bits per heavy atom. The molecule has 0 saturated heterocycles. The van der Waals surface area contributed by atoms with Gasteiger partial charge in [-0.2, -0.15) is 0 Å². The first kappa shape index (κ1) is 19.2. The lowest BCUT2D eigenvalue weighted by Crippen LogP contribution is -1.83. The van der Waals surface area contributed by atoms with Crippen LogP contribution in [0, 0.1) is 0 Å². The van der Waals surface area contributed by atoms with Crippen molar-refractivity contribution >= 4 is 65.1 Å². The zero-order valence-corrected chi connectivity index (χ0v) is 19.8. The zero-order valence-electron chi connectivity index (χ0n) is 18.1. The Kier molecular flexibility index (Phi) is 3.94. The quantitative estimate of drug-likeness (QED) is 0.248. The summed E-state index contributed by atoms with van der Waals surface area (Å²) in [5.41, 5.74) is 4.91. The number of thiophene rings is 2. The molecular weight excluding hydrogens is 474 g/mol. The largest absolute Gasteiger partial charge is 0.454 e. The lowest BCUT2D eigenvalue weighted by molar-refractivity contribution is 0.570. The zero-order chi connectivity index (χ0) is 22.9. The third-order valence-electron chi connectivity index (χ3n) is 6.25. The monoisotopic (exact) mass is 489 g/mol. The molecule has 2 aromatic carbocycles. The van der Waals surface area contributed by atoms with Gasteiger partial charge in [-0.3, -0.25) is 0 Å². The molecular formula is C29H15NO3S2. The van der Waals surface area contributed by atoms with Crippen LogP contribution in [0.4, 0.5) is 0 Å². The van der Waals surface area contributed by atoms with Crippen LogP contribution in [0.3, 0.4) is 0 Å². The van der Waals surface area contributed by atoms with E-state index in [9.17, 15) is 0 Å². The molecule has 0 amide bonds. The number of hydrogen-bond acceptors (Lipinski definition) is 6. The van der Waals surface area contributed by atoms with Crippen LogP contribution in [0.15, 0.2) is 104 Å². The summed E-state index contributed by atoms with van der Waals surface area (Å²) < 4.78 is 21.3. The highest BCUT2D eigenvalue weighted by atomic mass is 32.1. The molecule has 6 heterocycles. The molecule has 6 aromatic heterocycles. The summed E-state index contributed by atoms with van der Waals surface area (Å²) >= 11 is 3.48. The topological polar surface area (TPSA) is 52.3 Å². The maximum Gasteiger partial charge on any atom is 0.181 e. The minimum atomic E-state index is 0.694. The highest BCUT2D eigenvalue weighted by molar-refractivity contribution is 7.28. The van der Waals surface area contributed by atoms with Crippen molar-refractivity contribution in [2.75, 3.05) is 0 Å². The highest BCUT2D eigenvalue weighted by Gasteiger charge is 2.24. The van der Waals surface area contributed by atoms with Crippen molar-refractivity contribution in [2.24, 2.45) is 0 Å². The van der Waals surface area contributed by atoms with Gasteiger partial charge in [0.15, 0.2) is 22.9 Å². The second-order valence-electron chi connectivity index (χ2n) is 8.41. The summed E-state index contributed by atoms with van der Waals surface area (Å²) in [7, 11) is 0. The van der Waals surface area contributed by atoms with Crippen LogP contribution < -0.4 is 0 Å². The van der Waals surface area contributed by atoms with Gasteiger partial charge >= 0.3 is 0 Å². The third kappa shape index (κ3) is 2.94. The van der Waals surface area contributed by atoms with Gasteiger partial charge in [0.25, 0.3) is 0 Å². The molecule has 35 heavy (non-hydrogen) atoms. The van der Waals surface area contributed by atoms with Crippen LogP contribution in [-0.2, 0) is 0 Å². The summed E-state index contributed by atoms with van der Waals surface area (Å²) in [5.74, 6) is 2.12. The number of benzene rings is 2. The fourth-order valence-electron chi connectivity index (χ4n) is 4.61. The average Bonchev–Trinajstić information content (AvgIpc) is 3.68. The van der Waals surface area contributed by atoms with Crippen molar-refractivity contribution in [3.63, 3.8) is 0 Å². The standard InChI is InChI=1S/C29H15NO3S2/c1-3-7-19-16(5-1)13-22(31-19)18-9-10-21-28(30-18)27(26-15-25-24(35-26)11-12-34-25)29(33-21)23-14-17-6-2-4-8-20(17)32-23/h1-15H. The molecule has 6 heteroatoms. The molecule has 8 aromatic rings. The molecule has 0 unspecified atom stereocenters. The Bertz CT molecular complexity index is 1940. The molecule has 0 saturated carbocycles. The summed E-state index contributed by atoms with van der Waals surface area (Å²) in [6.07, 6.45) is 0. The summed E-state index contributed by atoms with van der Waals surface area (Å²) in [6.45, 7) is 0. The number of hydrogen-bond donors (Lipinski definition) is 0. The summed E-state index contributed by atoms with van der Waals surface area (Å²) in [6, 6.07) is 28.4. The van der Waals surface area contributed by atoms with E-state index >= 15 is 0 Å². The van der Waals surface area contributed by atoms with Gasteiger partial charge in [0.2, 0.25) is 0 Å². The maximum absolute atomic E-state index is 6.41. The Balaban J connectivity index is 1.40. The van der Waals surface area contributed by atoms with Gasteiger partial charge in [0, 0.05) is 25.0 Å². The van der Waals surface area contributed by atoms with Crippen LogP contribution in [0.1, 0.15) is 0 Å². The fourth-order valence-corrected chi connectivity index (χ4v) is 6.76. The molecule has 0 N–H and O–H groups in total. The first-order chi connectivity index (χ1) is 17.3. The van der Waals surface area contributed by atoms with Crippen LogP contribution in [0.5, 0.6) is 0 Å². The normalized spacial score (nSPS) is 12.0. The Hall–Kier alpha value is -4.13. The minimum absolute atomic E-state index is 0.694. The molecule has 0 fully saturated rings. The number of rotatable bonds is 3. The van der Waals surface area contributed by atoms with E-state index < -0.39 is 0 Å². The Morgan fingerprint density at radius 2 is 1.37 bits per heavy atom. The molecule has 0 spiro atoms. The first-order valence-corrected chi connectivity index (χ1v) is 12.9. The van der Waals surface area contributed by atoms with Gasteiger partial charge in [-0.1, -0.05) is 36.4 Å². The second kappa shape index (κ2) is 7.18. The average molecular weight is 490 g/mol. The summed E-state index contributed by atoms with van der Waals surface area (Å²) in [5, 5.41) is 4.21. The predicted octanol–water partition coefficient (Wildman–Crippen LogP) is 9.60. The van der Waals surface area contributed by atoms with Crippen LogP contribution in [-0.4, -0.2) is 4.98 Å². The van der Waals surface area contributed by atoms with E-state index in [-0.39, 0.29) is 0 Å². The summed E-state index contributed by atoms with van der Waals surface area (Å²) in [4.78, 5) is 6.16. The van der Waals surface area contributed by atoms with Gasteiger partial charge in [-0.25, -0.2) is 4.98 Å². The highest BCUT2D eigenvalue weighted by Crippen LogP contribution is 2.46. The fraction of sp³-hybridized carbons (Fsp3) is 0. The first-order valence-electron chi connectivity index (χ1n) is 11.2. The van der Waals surface area contributed by atoms with Crippen LogP contribution >= 0.6 is 22.7 Å². The lowest BCUT2D eigenvalue weighted by Gasteiger charge is -1.99. The maximum atomic E-state index is 6.41. The van der Waals surface area contributed by atoms with Gasteiger partial charge in [-0.15, -0.1) is 22.7 Å². The van der Waals surface area contributed by atoms with E-state index in [1.165, 1.54) is 9.40 Å². The van der Waals surface area contributed by atoms with Crippen molar-refractivity contribution in [3.05, 3.63) is 90.3 Å². The molecule has 0 aliphatic heterocycles.